The van der Waals surface area contributed by atoms with Crippen LogP contribution in [-0.2, 0) is 0 Å². The summed E-state index contributed by atoms with van der Waals surface area (Å²) in [6, 6.07) is 7.96. The van der Waals surface area contributed by atoms with Gasteiger partial charge < -0.3 is 9.80 Å². The molecule has 25 heavy (non-hydrogen) atoms. The molecule has 0 spiro atoms. The van der Waals surface area contributed by atoms with Crippen LogP contribution in [0.25, 0.3) is 11.1 Å². The number of aromatic nitrogens is 2. The lowest BCUT2D eigenvalue weighted by Gasteiger charge is -2.21. The second kappa shape index (κ2) is 5.99. The molecule has 0 radical (unpaired) electrons. The highest BCUT2D eigenvalue weighted by molar-refractivity contribution is 5.95. The molecule has 1 saturated carbocycles. The van der Waals surface area contributed by atoms with Crippen molar-refractivity contribution >= 4 is 5.91 Å². The highest BCUT2D eigenvalue weighted by Crippen LogP contribution is 2.52. The molecule has 2 aromatic rings. The molecular weight excluding hydrogens is 312 g/mol. The van der Waals surface area contributed by atoms with Crippen LogP contribution in [0, 0.1) is 31.6 Å². The Kier molecular flexibility index (Phi) is 3.91. The van der Waals surface area contributed by atoms with Crippen molar-refractivity contribution in [2.45, 2.75) is 13.8 Å². The smallest absolute Gasteiger partial charge is 0.253 e. The third-order valence-electron chi connectivity index (χ3n) is 5.78. The van der Waals surface area contributed by atoms with Gasteiger partial charge in [-0.05, 0) is 63.4 Å². The summed E-state index contributed by atoms with van der Waals surface area (Å²) < 4.78 is 0. The Morgan fingerprint density at radius 1 is 1.20 bits per heavy atom. The summed E-state index contributed by atoms with van der Waals surface area (Å²) in [7, 11) is 4.25. The summed E-state index contributed by atoms with van der Waals surface area (Å²) >= 11 is 0. The highest BCUT2D eigenvalue weighted by Gasteiger charge is 2.56. The number of likely N-dealkylation sites (tertiary alicyclic amines) is 1. The largest absolute Gasteiger partial charge is 0.338 e. The van der Waals surface area contributed by atoms with E-state index in [-0.39, 0.29) is 5.91 Å². The summed E-state index contributed by atoms with van der Waals surface area (Å²) in [5.74, 6) is 2.38. The minimum absolute atomic E-state index is 0.169. The average Bonchev–Trinajstić information content (AvgIpc) is 2.93. The molecule has 1 aromatic heterocycles. The van der Waals surface area contributed by atoms with Gasteiger partial charge in [-0.15, -0.1) is 0 Å². The van der Waals surface area contributed by atoms with E-state index in [2.05, 4.69) is 29.2 Å². The van der Waals surface area contributed by atoms with Gasteiger partial charge in [0, 0.05) is 36.5 Å². The fourth-order valence-corrected chi connectivity index (χ4v) is 4.45. The highest BCUT2D eigenvalue weighted by atomic mass is 16.2. The number of amides is 1. The van der Waals surface area contributed by atoms with E-state index < -0.39 is 0 Å². The lowest BCUT2D eigenvalue weighted by molar-refractivity contribution is 0.0765. The zero-order chi connectivity index (χ0) is 17.7. The lowest BCUT2D eigenvalue weighted by atomic mass is 10.0. The number of H-pyrrole nitrogens is 1. The maximum atomic E-state index is 12.8. The van der Waals surface area contributed by atoms with Gasteiger partial charge in [-0.25, -0.2) is 0 Å². The molecule has 1 aliphatic heterocycles. The zero-order valence-electron chi connectivity index (χ0n) is 15.4. The summed E-state index contributed by atoms with van der Waals surface area (Å²) in [6.45, 7) is 7.01. The number of hydrogen-bond acceptors (Lipinski definition) is 3. The summed E-state index contributed by atoms with van der Waals surface area (Å²) in [4.78, 5) is 17.1. The van der Waals surface area contributed by atoms with Crippen molar-refractivity contribution in [1.29, 1.82) is 0 Å². The topological polar surface area (TPSA) is 52.2 Å². The van der Waals surface area contributed by atoms with Crippen LogP contribution < -0.4 is 0 Å². The van der Waals surface area contributed by atoms with E-state index in [1.165, 1.54) is 0 Å². The quantitative estimate of drug-likeness (QED) is 0.932. The minimum Gasteiger partial charge on any atom is -0.338 e. The van der Waals surface area contributed by atoms with Crippen LogP contribution in [0.15, 0.2) is 24.3 Å². The molecule has 1 unspecified atom stereocenters. The van der Waals surface area contributed by atoms with Crippen LogP contribution in [0.5, 0.6) is 0 Å². The Morgan fingerprint density at radius 3 is 2.36 bits per heavy atom. The first-order valence-electron chi connectivity index (χ1n) is 9.01. The van der Waals surface area contributed by atoms with Gasteiger partial charge in [0.1, 0.15) is 0 Å². The monoisotopic (exact) mass is 338 g/mol. The standard InChI is InChI=1S/C20H26N4O/c1-12-19(13(2)22-21-12)14-5-7-15(8-6-14)20(25)24-10-17-16(9-23(3)4)18(17)11-24/h5-8,16-18H,9-11H2,1-4H3,(H,21,22)/t16?,17-,18+. The second-order valence-corrected chi connectivity index (χ2v) is 7.85. The number of aryl methyl sites for hydroxylation is 2. The molecular formula is C20H26N4O. The third-order valence-corrected chi connectivity index (χ3v) is 5.78. The molecule has 5 nitrogen and oxygen atoms in total. The molecule has 1 aromatic carbocycles. The number of nitrogens with one attached hydrogen (secondary N) is 1. The molecule has 1 amide bonds. The van der Waals surface area contributed by atoms with Crippen LogP contribution in [0.4, 0.5) is 0 Å². The summed E-state index contributed by atoms with van der Waals surface area (Å²) in [5, 5.41) is 7.27. The van der Waals surface area contributed by atoms with Gasteiger partial charge in [0.2, 0.25) is 0 Å². The van der Waals surface area contributed by atoms with Crippen molar-refractivity contribution in [2.24, 2.45) is 17.8 Å². The molecule has 3 atom stereocenters. The third kappa shape index (κ3) is 2.86. The van der Waals surface area contributed by atoms with Gasteiger partial charge >= 0.3 is 0 Å². The Labute approximate surface area is 149 Å². The molecule has 1 aliphatic carbocycles. The predicted octanol–water partition coefficient (Wildman–Crippen LogP) is 2.57. The predicted molar refractivity (Wildman–Crippen MR) is 98.4 cm³/mol. The Balaban J connectivity index is 1.43. The van der Waals surface area contributed by atoms with Gasteiger partial charge in [0.25, 0.3) is 5.91 Å². The first-order chi connectivity index (χ1) is 12.0. The fourth-order valence-electron chi connectivity index (χ4n) is 4.45. The van der Waals surface area contributed by atoms with E-state index in [1.54, 1.807) is 0 Å². The summed E-state index contributed by atoms with van der Waals surface area (Å²) in [6.07, 6.45) is 0. The lowest BCUT2D eigenvalue weighted by Crippen LogP contribution is -2.33. The van der Waals surface area contributed by atoms with Crippen molar-refractivity contribution in [1.82, 2.24) is 20.0 Å². The first-order valence-corrected chi connectivity index (χ1v) is 9.01. The maximum absolute atomic E-state index is 12.8. The SMILES string of the molecule is Cc1n[nH]c(C)c1-c1ccc(C(=O)N2C[C@@H]3C(CN(C)C)[C@@H]3C2)cc1. The van der Waals surface area contributed by atoms with E-state index in [9.17, 15) is 4.79 Å². The van der Waals surface area contributed by atoms with E-state index in [0.29, 0.717) is 11.8 Å². The van der Waals surface area contributed by atoms with Crippen molar-refractivity contribution in [3.8, 4) is 11.1 Å². The van der Waals surface area contributed by atoms with Crippen molar-refractivity contribution in [2.75, 3.05) is 33.7 Å². The molecule has 5 heteroatoms. The van der Waals surface area contributed by atoms with Gasteiger partial charge in [0.05, 0.1) is 5.69 Å². The van der Waals surface area contributed by atoms with Crippen LogP contribution in [-0.4, -0.2) is 59.6 Å². The van der Waals surface area contributed by atoms with E-state index >= 15 is 0 Å². The Hall–Kier alpha value is -2.14. The molecule has 4 rings (SSSR count). The number of carbonyl (C=O) groups is 1. The van der Waals surface area contributed by atoms with Crippen molar-refractivity contribution < 1.29 is 4.79 Å². The number of benzene rings is 1. The molecule has 1 N–H and O–H groups in total. The number of hydrogen-bond donors (Lipinski definition) is 1. The van der Waals surface area contributed by atoms with E-state index in [0.717, 1.165) is 53.6 Å². The molecule has 2 aliphatic rings. The average molecular weight is 338 g/mol. The van der Waals surface area contributed by atoms with Gasteiger partial charge in [0.15, 0.2) is 0 Å². The van der Waals surface area contributed by atoms with Gasteiger partial charge in [-0.1, -0.05) is 12.1 Å². The molecule has 132 valence electrons. The van der Waals surface area contributed by atoms with Crippen LogP contribution >= 0.6 is 0 Å². The van der Waals surface area contributed by atoms with Crippen molar-refractivity contribution in [3.63, 3.8) is 0 Å². The molecule has 2 heterocycles. The number of aromatic amines is 1. The summed E-state index contributed by atoms with van der Waals surface area (Å²) in [5.41, 5.74) is 5.07. The van der Waals surface area contributed by atoms with Crippen LogP contribution in [0.1, 0.15) is 21.7 Å². The minimum atomic E-state index is 0.169. The van der Waals surface area contributed by atoms with E-state index in [4.69, 9.17) is 0 Å². The number of rotatable bonds is 4. The molecule has 0 bridgehead atoms. The second-order valence-electron chi connectivity index (χ2n) is 7.85. The number of nitrogens with zero attached hydrogens (tertiary/aromatic N) is 3. The van der Waals surface area contributed by atoms with Gasteiger partial charge in [-0.2, -0.15) is 5.10 Å². The molecule has 1 saturated heterocycles. The van der Waals surface area contributed by atoms with E-state index in [1.807, 2.05) is 43.0 Å². The fraction of sp³-hybridized carbons (Fsp3) is 0.500. The zero-order valence-corrected chi connectivity index (χ0v) is 15.4. The van der Waals surface area contributed by atoms with Crippen LogP contribution in [0.2, 0.25) is 0 Å². The first kappa shape index (κ1) is 16.3. The molecule has 2 fully saturated rings. The number of piperidine rings is 1. The normalized spacial score (nSPS) is 24.7. The number of fused-ring (bicyclic) bond motifs is 1. The number of carbonyl (C=O) groups excluding carboxylic acids is 1. The van der Waals surface area contributed by atoms with Crippen molar-refractivity contribution in [3.05, 3.63) is 41.2 Å². The van der Waals surface area contributed by atoms with Gasteiger partial charge in [-0.3, -0.25) is 9.89 Å². The Bertz CT molecular complexity index is 761. The van der Waals surface area contributed by atoms with Crippen LogP contribution in [0.3, 0.4) is 0 Å². The maximum Gasteiger partial charge on any atom is 0.253 e. The Morgan fingerprint density at radius 2 is 1.84 bits per heavy atom.